The number of nitro groups is 1. The number of benzene rings is 3. The third kappa shape index (κ3) is 7.28. The molecule has 0 aliphatic rings. The molecular weight excluding hydrogens is 552 g/mol. The second kappa shape index (κ2) is 13.3. The molecule has 1 N–H and O–H groups in total. The number of hydrogen-bond acceptors (Lipinski definition) is 11. The lowest BCUT2D eigenvalue weighted by molar-refractivity contribution is -0.384. The molecule has 0 atom stereocenters. The predicted molar refractivity (Wildman–Crippen MR) is 152 cm³/mol. The summed E-state index contributed by atoms with van der Waals surface area (Å²) in [6.45, 7) is 0. The van der Waals surface area contributed by atoms with E-state index in [-0.39, 0.29) is 34.2 Å². The van der Waals surface area contributed by atoms with Crippen LogP contribution >= 0.6 is 11.8 Å². The normalized spacial score (nSPS) is 10.8. The van der Waals surface area contributed by atoms with Gasteiger partial charge in [-0.1, -0.05) is 23.9 Å². The molecule has 41 heavy (non-hydrogen) atoms. The Morgan fingerprint density at radius 1 is 1.00 bits per heavy atom. The van der Waals surface area contributed by atoms with Crippen LogP contribution in [0.15, 0.2) is 76.4 Å². The van der Waals surface area contributed by atoms with E-state index >= 15 is 0 Å². The number of ether oxygens (including phenoxy) is 3. The van der Waals surface area contributed by atoms with Crippen LogP contribution in [-0.4, -0.2) is 53.9 Å². The second-order valence-electron chi connectivity index (χ2n) is 8.25. The molecule has 0 unspecified atom stereocenters. The number of hydrogen-bond donors (Lipinski definition) is 1. The molecule has 0 saturated carbocycles. The maximum Gasteiger partial charge on any atom is 0.277 e. The number of methoxy groups -OCH3 is 3. The maximum atomic E-state index is 12.7. The highest BCUT2D eigenvalue weighted by atomic mass is 32.2. The van der Waals surface area contributed by atoms with Gasteiger partial charge in [0.15, 0.2) is 17.3 Å². The van der Waals surface area contributed by atoms with Crippen molar-refractivity contribution in [2.24, 2.45) is 0 Å². The molecule has 4 aromatic rings. The number of rotatable bonds is 12. The number of aromatic nitrogens is 2. The minimum absolute atomic E-state index is 0.0191. The molecule has 0 saturated heterocycles. The largest absolute Gasteiger partial charge is 0.493 e. The molecule has 0 aliphatic heterocycles. The zero-order valence-corrected chi connectivity index (χ0v) is 23.0. The Hall–Kier alpha value is -5.17. The lowest BCUT2D eigenvalue weighted by Crippen LogP contribution is -2.14. The quantitative estimate of drug-likeness (QED) is 0.0768. The monoisotopic (exact) mass is 576 g/mol. The van der Waals surface area contributed by atoms with Crippen molar-refractivity contribution in [2.75, 3.05) is 32.4 Å². The Balaban J connectivity index is 1.32. The minimum atomic E-state index is -0.517. The standard InChI is InChI=1S/C28H24N4O8S/c1-37-23-13-17(14-24(38-2)26(23)39-3)7-12-22(33)18-8-10-20(11-9-18)29-25(34)16-41-28-31-30-27(40-28)19-5-4-6-21(15-19)32(35)36/h4-15H,16H2,1-3H3,(H,29,34)/b12-7-. The summed E-state index contributed by atoms with van der Waals surface area (Å²) in [5.74, 6) is 0.926. The molecule has 0 spiro atoms. The molecular formula is C28H24N4O8S. The van der Waals surface area contributed by atoms with Crippen LogP contribution < -0.4 is 19.5 Å². The number of anilines is 1. The van der Waals surface area contributed by atoms with Crippen LogP contribution in [-0.2, 0) is 4.79 Å². The third-order valence-corrected chi connectivity index (χ3v) is 6.42. The van der Waals surface area contributed by atoms with Crippen LogP contribution in [0.25, 0.3) is 17.5 Å². The first-order valence-electron chi connectivity index (χ1n) is 11.9. The highest BCUT2D eigenvalue weighted by Gasteiger charge is 2.15. The van der Waals surface area contributed by atoms with E-state index in [1.54, 1.807) is 48.5 Å². The number of ketones is 1. The molecule has 13 heteroatoms. The molecule has 1 heterocycles. The highest BCUT2D eigenvalue weighted by molar-refractivity contribution is 7.99. The van der Waals surface area contributed by atoms with E-state index in [9.17, 15) is 19.7 Å². The van der Waals surface area contributed by atoms with Gasteiger partial charge in [0.1, 0.15) is 0 Å². The minimum Gasteiger partial charge on any atom is -0.493 e. The molecule has 1 aromatic heterocycles. The summed E-state index contributed by atoms with van der Waals surface area (Å²) >= 11 is 1.02. The number of nitro benzene ring substituents is 1. The van der Waals surface area contributed by atoms with Crippen LogP contribution in [0.3, 0.4) is 0 Å². The fourth-order valence-electron chi connectivity index (χ4n) is 3.65. The van der Waals surface area contributed by atoms with Gasteiger partial charge in [0.25, 0.3) is 10.9 Å². The van der Waals surface area contributed by atoms with E-state index in [0.717, 1.165) is 11.8 Å². The number of nitrogens with one attached hydrogen (secondary N) is 1. The number of nitrogens with zero attached hydrogens (tertiary/aromatic N) is 3. The van der Waals surface area contributed by atoms with Gasteiger partial charge in [-0.2, -0.15) is 0 Å². The number of amides is 1. The predicted octanol–water partition coefficient (Wildman–Crippen LogP) is 5.30. The van der Waals surface area contributed by atoms with Gasteiger partial charge in [-0.25, -0.2) is 0 Å². The van der Waals surface area contributed by atoms with Crippen LogP contribution in [0, 0.1) is 10.1 Å². The van der Waals surface area contributed by atoms with Crippen molar-refractivity contribution < 1.29 is 33.1 Å². The van der Waals surface area contributed by atoms with Crippen molar-refractivity contribution in [3.63, 3.8) is 0 Å². The number of thioether (sulfide) groups is 1. The van der Waals surface area contributed by atoms with Crippen LogP contribution in [0.2, 0.25) is 0 Å². The Morgan fingerprint density at radius 3 is 2.34 bits per heavy atom. The number of carbonyl (C=O) groups is 2. The molecule has 0 radical (unpaired) electrons. The van der Waals surface area contributed by atoms with Gasteiger partial charge in [0.2, 0.25) is 17.5 Å². The summed E-state index contributed by atoms with van der Waals surface area (Å²) in [7, 11) is 4.54. The molecule has 1 amide bonds. The molecule has 0 aliphatic carbocycles. The van der Waals surface area contributed by atoms with Crippen molar-refractivity contribution in [1.29, 1.82) is 0 Å². The van der Waals surface area contributed by atoms with E-state index in [2.05, 4.69) is 15.5 Å². The van der Waals surface area contributed by atoms with Crippen molar-refractivity contribution in [3.8, 4) is 28.7 Å². The number of non-ortho nitro benzene ring substituents is 1. The van der Waals surface area contributed by atoms with E-state index in [0.29, 0.717) is 39.6 Å². The summed E-state index contributed by atoms with van der Waals surface area (Å²) in [6, 6.07) is 15.7. The summed E-state index contributed by atoms with van der Waals surface area (Å²) in [5.41, 5.74) is 1.92. The Labute approximate surface area is 238 Å². The van der Waals surface area contributed by atoms with E-state index in [1.807, 2.05) is 0 Å². The van der Waals surface area contributed by atoms with Gasteiger partial charge >= 0.3 is 0 Å². The fourth-order valence-corrected chi connectivity index (χ4v) is 4.21. The van der Waals surface area contributed by atoms with Crippen LogP contribution in [0.4, 0.5) is 11.4 Å². The smallest absolute Gasteiger partial charge is 0.277 e. The maximum absolute atomic E-state index is 12.7. The van der Waals surface area contributed by atoms with Gasteiger partial charge in [-0.3, -0.25) is 19.7 Å². The Morgan fingerprint density at radius 2 is 1.71 bits per heavy atom. The average molecular weight is 577 g/mol. The zero-order valence-electron chi connectivity index (χ0n) is 22.2. The van der Waals surface area contributed by atoms with Crippen molar-refractivity contribution in [3.05, 3.63) is 88.0 Å². The summed E-state index contributed by atoms with van der Waals surface area (Å²) < 4.78 is 21.5. The first-order valence-corrected chi connectivity index (χ1v) is 12.9. The van der Waals surface area contributed by atoms with Gasteiger partial charge in [-0.15, -0.1) is 10.2 Å². The van der Waals surface area contributed by atoms with Crippen LogP contribution in [0.1, 0.15) is 15.9 Å². The van der Waals surface area contributed by atoms with Crippen molar-refractivity contribution in [1.82, 2.24) is 10.2 Å². The molecule has 210 valence electrons. The number of carbonyl (C=O) groups excluding carboxylic acids is 2. The molecule has 0 fully saturated rings. The zero-order chi connectivity index (χ0) is 29.4. The van der Waals surface area contributed by atoms with E-state index in [1.165, 1.54) is 45.6 Å². The fraction of sp³-hybridized carbons (Fsp3) is 0.143. The molecule has 4 rings (SSSR count). The average Bonchev–Trinajstić information content (AvgIpc) is 3.48. The Kier molecular flexibility index (Phi) is 9.32. The first-order chi connectivity index (χ1) is 19.8. The number of allylic oxidation sites excluding steroid dienone is 1. The van der Waals surface area contributed by atoms with Gasteiger partial charge in [-0.05, 0) is 54.1 Å². The lowest BCUT2D eigenvalue weighted by atomic mass is 10.1. The topological polar surface area (TPSA) is 156 Å². The molecule has 12 nitrogen and oxygen atoms in total. The highest BCUT2D eigenvalue weighted by Crippen LogP contribution is 2.38. The third-order valence-electron chi connectivity index (χ3n) is 5.60. The first kappa shape index (κ1) is 28.8. The van der Waals surface area contributed by atoms with Gasteiger partial charge < -0.3 is 23.9 Å². The second-order valence-corrected chi connectivity index (χ2v) is 9.18. The van der Waals surface area contributed by atoms with Crippen LogP contribution in [0.5, 0.6) is 17.2 Å². The summed E-state index contributed by atoms with van der Waals surface area (Å²) in [5, 5.41) is 21.6. The summed E-state index contributed by atoms with van der Waals surface area (Å²) in [6.07, 6.45) is 3.07. The lowest BCUT2D eigenvalue weighted by Gasteiger charge is -2.12. The SMILES string of the molecule is COc1cc(/C=C\C(=O)c2ccc(NC(=O)CSc3nnc(-c4cccc([N+](=O)[O-])c4)o3)cc2)cc(OC)c1OC. The molecule has 3 aromatic carbocycles. The van der Waals surface area contributed by atoms with E-state index < -0.39 is 4.92 Å². The van der Waals surface area contributed by atoms with Crippen molar-refractivity contribution in [2.45, 2.75) is 5.22 Å². The van der Waals surface area contributed by atoms with Gasteiger partial charge in [0, 0.05) is 28.9 Å². The summed E-state index contributed by atoms with van der Waals surface area (Å²) in [4.78, 5) is 35.5. The van der Waals surface area contributed by atoms with Gasteiger partial charge in [0.05, 0.1) is 32.0 Å². The van der Waals surface area contributed by atoms with E-state index in [4.69, 9.17) is 18.6 Å². The van der Waals surface area contributed by atoms with Crippen molar-refractivity contribution >= 4 is 40.9 Å². The Bertz CT molecular complexity index is 1580. The molecule has 0 bridgehead atoms.